The van der Waals surface area contributed by atoms with Crippen LogP contribution in [0.4, 0.5) is 0 Å². The van der Waals surface area contributed by atoms with Crippen molar-refractivity contribution in [1.82, 2.24) is 4.90 Å². The third kappa shape index (κ3) is 4.98. The molecule has 4 heteroatoms. The van der Waals surface area contributed by atoms with Crippen molar-refractivity contribution in [2.24, 2.45) is 0 Å². The summed E-state index contributed by atoms with van der Waals surface area (Å²) in [5.74, 6) is 0. The van der Waals surface area contributed by atoms with Gasteiger partial charge in [0.1, 0.15) is 0 Å². The van der Waals surface area contributed by atoms with Crippen LogP contribution in [0.2, 0.25) is 0 Å². The summed E-state index contributed by atoms with van der Waals surface area (Å²) in [5.41, 5.74) is 1.06. The van der Waals surface area contributed by atoms with Gasteiger partial charge in [-0.1, -0.05) is 42.5 Å². The van der Waals surface area contributed by atoms with Crippen LogP contribution in [0.3, 0.4) is 0 Å². The minimum Gasteiger partial charge on any atom is -0.395 e. The molecule has 0 radical (unpaired) electrons. The molecule has 1 unspecified atom stereocenters. The maximum atomic E-state index is 9.37. The predicted molar refractivity (Wildman–Crippen MR) is 72.1 cm³/mol. The molecule has 0 amide bonds. The van der Waals surface area contributed by atoms with Crippen molar-refractivity contribution in [2.75, 3.05) is 32.9 Å². The molecule has 100 valence electrons. The first kappa shape index (κ1) is 14.9. The Bertz CT molecular complexity index is 334. The molecule has 4 nitrogen and oxygen atoms in total. The zero-order valence-electron chi connectivity index (χ0n) is 10.4. The Morgan fingerprint density at radius 1 is 1.00 bits per heavy atom. The van der Waals surface area contributed by atoms with E-state index in [1.807, 2.05) is 47.4 Å². The van der Waals surface area contributed by atoms with Gasteiger partial charge in [-0.3, -0.25) is 4.90 Å². The molecular weight excluding hydrogens is 230 g/mol. The molecule has 1 aromatic rings. The Kier molecular flexibility index (Phi) is 7.29. The van der Waals surface area contributed by atoms with E-state index in [1.165, 1.54) is 0 Å². The van der Waals surface area contributed by atoms with Crippen molar-refractivity contribution < 1.29 is 15.3 Å². The average molecular weight is 251 g/mol. The first-order valence-corrected chi connectivity index (χ1v) is 6.11. The molecule has 0 heterocycles. The van der Waals surface area contributed by atoms with Gasteiger partial charge in [0, 0.05) is 13.1 Å². The van der Waals surface area contributed by atoms with Gasteiger partial charge in [0.2, 0.25) is 0 Å². The van der Waals surface area contributed by atoms with Gasteiger partial charge in [0.25, 0.3) is 0 Å². The number of rotatable bonds is 8. The number of aliphatic hydroxyl groups is 3. The largest absolute Gasteiger partial charge is 0.395 e. The molecule has 3 N–H and O–H groups in total. The average Bonchev–Trinajstić information content (AvgIpc) is 2.41. The molecule has 1 atom stereocenters. The molecule has 0 saturated carbocycles. The van der Waals surface area contributed by atoms with Crippen LogP contribution in [0.1, 0.15) is 5.56 Å². The maximum absolute atomic E-state index is 9.37. The molecule has 1 aromatic carbocycles. The fourth-order valence-corrected chi connectivity index (χ4v) is 1.78. The molecule has 0 spiro atoms. The Hall–Kier alpha value is -1.20. The first-order chi connectivity index (χ1) is 8.81. The van der Waals surface area contributed by atoms with Crippen LogP contribution >= 0.6 is 0 Å². The van der Waals surface area contributed by atoms with Crippen LogP contribution < -0.4 is 0 Å². The normalized spacial score (nSPS) is 13.3. The van der Waals surface area contributed by atoms with Crippen LogP contribution in [0.15, 0.2) is 36.4 Å². The van der Waals surface area contributed by atoms with E-state index in [-0.39, 0.29) is 25.9 Å². The first-order valence-electron chi connectivity index (χ1n) is 6.11. The molecular formula is C14H21NO3. The lowest BCUT2D eigenvalue weighted by molar-refractivity contribution is 0.106. The number of nitrogens with zero attached hydrogens (tertiary/aromatic N) is 1. The van der Waals surface area contributed by atoms with Crippen molar-refractivity contribution >= 4 is 6.08 Å². The summed E-state index contributed by atoms with van der Waals surface area (Å²) in [5, 5.41) is 27.3. The Morgan fingerprint density at radius 2 is 1.61 bits per heavy atom. The summed E-state index contributed by atoms with van der Waals surface area (Å²) in [4.78, 5) is 1.85. The molecule has 0 aromatic heterocycles. The molecule has 0 bridgehead atoms. The number of hydrogen-bond donors (Lipinski definition) is 3. The summed E-state index contributed by atoms with van der Waals surface area (Å²) in [6.07, 6.45) is 3.82. The van der Waals surface area contributed by atoms with E-state index in [0.717, 1.165) is 5.56 Å². The lowest BCUT2D eigenvalue weighted by atomic mass is 10.1. The molecule has 0 aliphatic rings. The lowest BCUT2D eigenvalue weighted by Gasteiger charge is -2.26. The third-order valence-electron chi connectivity index (χ3n) is 2.74. The highest BCUT2D eigenvalue weighted by atomic mass is 16.3. The third-order valence-corrected chi connectivity index (χ3v) is 2.74. The summed E-state index contributed by atoms with van der Waals surface area (Å²) < 4.78 is 0. The van der Waals surface area contributed by atoms with Crippen LogP contribution in [0, 0.1) is 0 Å². The highest BCUT2D eigenvalue weighted by molar-refractivity contribution is 5.49. The smallest absolute Gasteiger partial charge is 0.0622 e. The Morgan fingerprint density at radius 3 is 2.11 bits per heavy atom. The van der Waals surface area contributed by atoms with Crippen LogP contribution in [-0.2, 0) is 0 Å². The molecule has 0 aliphatic heterocycles. The summed E-state index contributed by atoms with van der Waals surface area (Å²) in [6, 6.07) is 9.62. The maximum Gasteiger partial charge on any atom is 0.0622 e. The quantitative estimate of drug-likeness (QED) is 0.624. The van der Waals surface area contributed by atoms with Gasteiger partial charge in [0.05, 0.1) is 25.9 Å². The monoisotopic (exact) mass is 251 g/mol. The standard InChI is InChI=1S/C14H21NO3/c16-10-8-15(9-11-17)14(12-18)7-6-13-4-2-1-3-5-13/h1-7,14,16-18H,8-12H2. The van der Waals surface area contributed by atoms with Crippen LogP contribution in [0.25, 0.3) is 6.08 Å². The van der Waals surface area contributed by atoms with Crippen LogP contribution in [0.5, 0.6) is 0 Å². The van der Waals surface area contributed by atoms with Crippen molar-refractivity contribution in [3.8, 4) is 0 Å². The second-order valence-electron chi connectivity index (χ2n) is 4.00. The number of hydrogen-bond acceptors (Lipinski definition) is 4. The fraction of sp³-hybridized carbons (Fsp3) is 0.429. The van der Waals surface area contributed by atoms with Gasteiger partial charge in [0.15, 0.2) is 0 Å². The van der Waals surface area contributed by atoms with E-state index in [0.29, 0.717) is 13.1 Å². The Labute approximate surface area is 108 Å². The summed E-state index contributed by atoms with van der Waals surface area (Å²) >= 11 is 0. The van der Waals surface area contributed by atoms with E-state index in [1.54, 1.807) is 0 Å². The molecule has 0 saturated heterocycles. The SMILES string of the molecule is OCCN(CCO)C(C=Cc1ccccc1)CO. The highest BCUT2D eigenvalue weighted by Crippen LogP contribution is 2.06. The van der Waals surface area contributed by atoms with Gasteiger partial charge in [-0.15, -0.1) is 0 Å². The minimum atomic E-state index is -0.190. The number of benzene rings is 1. The zero-order valence-corrected chi connectivity index (χ0v) is 10.4. The van der Waals surface area contributed by atoms with E-state index in [2.05, 4.69) is 0 Å². The molecule has 0 fully saturated rings. The molecule has 0 aliphatic carbocycles. The number of aliphatic hydroxyl groups excluding tert-OH is 3. The summed E-state index contributed by atoms with van der Waals surface area (Å²) in [7, 11) is 0. The second kappa shape index (κ2) is 8.83. The van der Waals surface area contributed by atoms with Gasteiger partial charge in [-0.05, 0) is 5.56 Å². The van der Waals surface area contributed by atoms with Gasteiger partial charge >= 0.3 is 0 Å². The van der Waals surface area contributed by atoms with E-state index >= 15 is 0 Å². The van der Waals surface area contributed by atoms with Crippen molar-refractivity contribution in [3.05, 3.63) is 42.0 Å². The van der Waals surface area contributed by atoms with Gasteiger partial charge in [-0.25, -0.2) is 0 Å². The molecule has 18 heavy (non-hydrogen) atoms. The molecule has 1 rings (SSSR count). The van der Waals surface area contributed by atoms with Crippen molar-refractivity contribution in [2.45, 2.75) is 6.04 Å². The van der Waals surface area contributed by atoms with Gasteiger partial charge in [-0.2, -0.15) is 0 Å². The minimum absolute atomic E-state index is 0.00960. The van der Waals surface area contributed by atoms with E-state index in [4.69, 9.17) is 10.2 Å². The predicted octanol–water partition coefficient (Wildman–Crippen LogP) is 0.347. The summed E-state index contributed by atoms with van der Waals surface area (Å²) in [6.45, 7) is 0.852. The second-order valence-corrected chi connectivity index (χ2v) is 4.00. The highest BCUT2D eigenvalue weighted by Gasteiger charge is 2.13. The fourth-order valence-electron chi connectivity index (χ4n) is 1.78. The van der Waals surface area contributed by atoms with Crippen molar-refractivity contribution in [3.63, 3.8) is 0 Å². The zero-order chi connectivity index (χ0) is 13.2. The van der Waals surface area contributed by atoms with E-state index < -0.39 is 0 Å². The van der Waals surface area contributed by atoms with Crippen LogP contribution in [-0.4, -0.2) is 59.2 Å². The van der Waals surface area contributed by atoms with E-state index in [9.17, 15) is 5.11 Å². The lowest BCUT2D eigenvalue weighted by Crippen LogP contribution is -2.40. The van der Waals surface area contributed by atoms with Crippen molar-refractivity contribution in [1.29, 1.82) is 0 Å². The Balaban J connectivity index is 2.66. The topological polar surface area (TPSA) is 63.9 Å². The van der Waals surface area contributed by atoms with Gasteiger partial charge < -0.3 is 15.3 Å².